The first-order valence-electron chi connectivity index (χ1n) is 5.12. The Morgan fingerprint density at radius 3 is 2.73 bits per heavy atom. The maximum absolute atomic E-state index is 11.7. The number of aromatic nitrogens is 1. The number of carbonyl (C=O) groups excluding carboxylic acids is 1. The van der Waals surface area contributed by atoms with Crippen molar-refractivity contribution in [3.8, 4) is 0 Å². The summed E-state index contributed by atoms with van der Waals surface area (Å²) in [7, 11) is 0. The van der Waals surface area contributed by atoms with E-state index >= 15 is 0 Å². The van der Waals surface area contributed by atoms with Crippen LogP contribution in [0, 0.1) is 0 Å². The van der Waals surface area contributed by atoms with Crippen molar-refractivity contribution in [1.29, 1.82) is 0 Å². The number of rotatable bonds is 2. The van der Waals surface area contributed by atoms with E-state index in [0.29, 0.717) is 5.56 Å². The van der Waals surface area contributed by atoms with Crippen molar-refractivity contribution in [1.82, 2.24) is 10.3 Å². The first kappa shape index (κ1) is 10.4. The van der Waals surface area contributed by atoms with Crippen LogP contribution in [0.2, 0.25) is 0 Å². The molecule has 0 aromatic carbocycles. The molecular weight excluding hydrogens is 212 g/mol. The molecule has 0 radical (unpaired) electrons. The molecule has 1 amide bonds. The van der Waals surface area contributed by atoms with Crippen molar-refractivity contribution in [2.45, 2.75) is 30.7 Å². The van der Waals surface area contributed by atoms with Crippen LogP contribution in [0.4, 0.5) is 0 Å². The van der Waals surface area contributed by atoms with Crippen molar-refractivity contribution in [2.24, 2.45) is 0 Å². The zero-order valence-electron chi connectivity index (χ0n) is 8.32. The Balaban J connectivity index is 1.98. The lowest BCUT2D eigenvalue weighted by Crippen LogP contribution is -2.37. The first-order chi connectivity index (χ1) is 7.27. The molecule has 1 heterocycles. The van der Waals surface area contributed by atoms with Crippen LogP contribution in [-0.2, 0) is 0 Å². The van der Waals surface area contributed by atoms with E-state index in [1.54, 1.807) is 24.5 Å². The van der Waals surface area contributed by atoms with E-state index in [1.807, 2.05) is 0 Å². The third-order valence-corrected chi connectivity index (χ3v) is 3.21. The van der Waals surface area contributed by atoms with Gasteiger partial charge in [-0.2, -0.15) is 0 Å². The van der Waals surface area contributed by atoms with Crippen LogP contribution < -0.4 is 5.32 Å². The number of nitrogens with one attached hydrogen (secondary N) is 1. The van der Waals surface area contributed by atoms with Gasteiger partial charge >= 0.3 is 0 Å². The van der Waals surface area contributed by atoms with Gasteiger partial charge in [-0.3, -0.25) is 9.78 Å². The molecule has 1 aliphatic carbocycles. The van der Waals surface area contributed by atoms with Crippen LogP contribution in [0.15, 0.2) is 24.5 Å². The summed E-state index contributed by atoms with van der Waals surface area (Å²) in [5.74, 6) is -0.0602. The summed E-state index contributed by atoms with van der Waals surface area (Å²) < 4.78 is 0. The van der Waals surface area contributed by atoms with E-state index in [9.17, 15) is 4.79 Å². The maximum atomic E-state index is 11.7. The fourth-order valence-corrected chi connectivity index (χ4v) is 2.18. The van der Waals surface area contributed by atoms with Crippen LogP contribution in [0.1, 0.15) is 29.6 Å². The molecule has 2 rings (SSSR count). The third-order valence-electron chi connectivity index (χ3n) is 2.69. The van der Waals surface area contributed by atoms with Gasteiger partial charge in [0.05, 0.1) is 5.38 Å². The van der Waals surface area contributed by atoms with Crippen LogP contribution in [0.5, 0.6) is 0 Å². The molecular formula is C11H13ClN2O. The fraction of sp³-hybridized carbons (Fsp3) is 0.455. The molecule has 0 aliphatic heterocycles. The first-order valence-corrected chi connectivity index (χ1v) is 5.56. The molecule has 15 heavy (non-hydrogen) atoms. The zero-order chi connectivity index (χ0) is 10.7. The summed E-state index contributed by atoms with van der Waals surface area (Å²) in [4.78, 5) is 15.6. The number of pyridine rings is 1. The molecule has 2 unspecified atom stereocenters. The van der Waals surface area contributed by atoms with Gasteiger partial charge < -0.3 is 5.32 Å². The van der Waals surface area contributed by atoms with E-state index in [0.717, 1.165) is 19.3 Å². The Morgan fingerprint density at radius 1 is 1.40 bits per heavy atom. The monoisotopic (exact) mass is 224 g/mol. The van der Waals surface area contributed by atoms with Crippen molar-refractivity contribution < 1.29 is 4.79 Å². The standard InChI is InChI=1S/C11H13ClN2O/c12-9-2-1-3-10(9)14-11(15)8-4-6-13-7-5-8/h4-7,9-10H,1-3H2,(H,14,15). The van der Waals surface area contributed by atoms with E-state index < -0.39 is 0 Å². The Morgan fingerprint density at radius 2 is 2.13 bits per heavy atom. The number of halogens is 1. The van der Waals surface area contributed by atoms with Crippen molar-refractivity contribution >= 4 is 17.5 Å². The number of carbonyl (C=O) groups is 1. The van der Waals surface area contributed by atoms with E-state index in [4.69, 9.17) is 11.6 Å². The summed E-state index contributed by atoms with van der Waals surface area (Å²) in [5, 5.41) is 3.03. The zero-order valence-corrected chi connectivity index (χ0v) is 9.07. The average Bonchev–Trinajstić information content (AvgIpc) is 2.66. The molecule has 1 aliphatic rings. The lowest BCUT2D eigenvalue weighted by Gasteiger charge is -2.15. The van der Waals surface area contributed by atoms with Gasteiger partial charge in [0.1, 0.15) is 0 Å². The summed E-state index contributed by atoms with van der Waals surface area (Å²) in [5.41, 5.74) is 0.640. The number of hydrogen-bond donors (Lipinski definition) is 1. The van der Waals surface area contributed by atoms with Crippen LogP contribution in [-0.4, -0.2) is 22.3 Å². The third kappa shape index (κ3) is 2.48. The SMILES string of the molecule is O=C(NC1CCCC1Cl)c1ccncc1. The lowest BCUT2D eigenvalue weighted by atomic mass is 10.2. The minimum absolute atomic E-state index is 0.0602. The Labute approximate surface area is 93.8 Å². The van der Waals surface area contributed by atoms with Gasteiger partial charge in [0.25, 0.3) is 5.91 Å². The predicted octanol–water partition coefficient (Wildman–Crippen LogP) is 1.97. The summed E-state index contributed by atoms with van der Waals surface area (Å²) >= 11 is 6.08. The minimum Gasteiger partial charge on any atom is -0.348 e. The molecule has 3 nitrogen and oxygen atoms in total. The number of nitrogens with zero attached hydrogens (tertiary/aromatic N) is 1. The van der Waals surface area contributed by atoms with Crippen LogP contribution >= 0.6 is 11.6 Å². The Hall–Kier alpha value is -1.09. The van der Waals surface area contributed by atoms with Gasteiger partial charge in [0.15, 0.2) is 0 Å². The normalized spacial score (nSPS) is 25.1. The van der Waals surface area contributed by atoms with Gasteiger partial charge in [-0.05, 0) is 31.4 Å². The van der Waals surface area contributed by atoms with Gasteiger partial charge in [-0.1, -0.05) is 0 Å². The summed E-state index contributed by atoms with van der Waals surface area (Å²) in [6.07, 6.45) is 6.28. The molecule has 0 saturated heterocycles. The molecule has 0 spiro atoms. The quantitative estimate of drug-likeness (QED) is 0.781. The second-order valence-corrected chi connectivity index (χ2v) is 4.32. The molecule has 1 fully saturated rings. The second-order valence-electron chi connectivity index (χ2n) is 3.76. The molecule has 2 atom stereocenters. The van der Waals surface area contributed by atoms with Crippen molar-refractivity contribution in [2.75, 3.05) is 0 Å². The molecule has 80 valence electrons. The highest BCUT2D eigenvalue weighted by Crippen LogP contribution is 2.24. The van der Waals surface area contributed by atoms with E-state index in [2.05, 4.69) is 10.3 Å². The Bertz CT molecular complexity index is 342. The van der Waals surface area contributed by atoms with Crippen LogP contribution in [0.25, 0.3) is 0 Å². The largest absolute Gasteiger partial charge is 0.348 e. The highest BCUT2D eigenvalue weighted by atomic mass is 35.5. The van der Waals surface area contributed by atoms with Gasteiger partial charge in [0.2, 0.25) is 0 Å². The molecule has 1 aromatic rings. The average molecular weight is 225 g/mol. The molecule has 0 bridgehead atoms. The summed E-state index contributed by atoms with van der Waals surface area (Å²) in [6, 6.07) is 3.52. The summed E-state index contributed by atoms with van der Waals surface area (Å²) in [6.45, 7) is 0. The predicted molar refractivity (Wildman–Crippen MR) is 59.0 cm³/mol. The second kappa shape index (κ2) is 4.62. The topological polar surface area (TPSA) is 42.0 Å². The van der Waals surface area contributed by atoms with E-state index in [1.165, 1.54) is 0 Å². The fourth-order valence-electron chi connectivity index (χ4n) is 1.83. The molecule has 1 aromatic heterocycles. The number of amides is 1. The minimum atomic E-state index is -0.0602. The van der Waals surface area contributed by atoms with Gasteiger partial charge in [0, 0.05) is 24.0 Å². The molecule has 4 heteroatoms. The van der Waals surface area contributed by atoms with Gasteiger partial charge in [-0.15, -0.1) is 11.6 Å². The number of hydrogen-bond acceptors (Lipinski definition) is 2. The molecule has 1 N–H and O–H groups in total. The van der Waals surface area contributed by atoms with Crippen LogP contribution in [0.3, 0.4) is 0 Å². The smallest absolute Gasteiger partial charge is 0.251 e. The maximum Gasteiger partial charge on any atom is 0.251 e. The van der Waals surface area contributed by atoms with Crippen molar-refractivity contribution in [3.05, 3.63) is 30.1 Å². The highest BCUT2D eigenvalue weighted by Gasteiger charge is 2.26. The lowest BCUT2D eigenvalue weighted by molar-refractivity contribution is 0.0938. The van der Waals surface area contributed by atoms with E-state index in [-0.39, 0.29) is 17.3 Å². The Kier molecular flexibility index (Phi) is 3.21. The van der Waals surface area contributed by atoms with Crippen molar-refractivity contribution in [3.63, 3.8) is 0 Å². The van der Waals surface area contributed by atoms with Gasteiger partial charge in [-0.25, -0.2) is 0 Å². The number of alkyl halides is 1. The highest BCUT2D eigenvalue weighted by molar-refractivity contribution is 6.21. The molecule has 1 saturated carbocycles.